The van der Waals surface area contributed by atoms with E-state index in [1.54, 1.807) is 47.9 Å². The molecule has 1 saturated heterocycles. The van der Waals surface area contributed by atoms with E-state index in [9.17, 15) is 5.11 Å². The average molecular weight is 776 g/mol. The van der Waals surface area contributed by atoms with Crippen molar-refractivity contribution in [1.82, 2.24) is 14.5 Å². The summed E-state index contributed by atoms with van der Waals surface area (Å²) in [5, 5.41) is 15.3. The summed E-state index contributed by atoms with van der Waals surface area (Å²) in [4.78, 5) is 8.82. The van der Waals surface area contributed by atoms with Gasteiger partial charge in [0.15, 0.2) is 14.5 Å². The Morgan fingerprint density at radius 2 is 1.56 bits per heavy atom. The highest BCUT2D eigenvalue weighted by Gasteiger charge is 2.55. The Morgan fingerprint density at radius 1 is 0.938 bits per heavy atom. The van der Waals surface area contributed by atoms with Crippen LogP contribution in [0.3, 0.4) is 0 Å². The molecule has 14 heteroatoms. The molecular weight excluding hydrogens is 736 g/mol. The van der Waals surface area contributed by atoms with Crippen molar-refractivity contribution in [2.75, 3.05) is 13.2 Å². The van der Waals surface area contributed by atoms with E-state index in [4.69, 9.17) is 76.6 Å². The number of fused-ring (bicyclic) bond motifs is 1. The van der Waals surface area contributed by atoms with Gasteiger partial charge in [0.2, 0.25) is 0 Å². The number of ether oxygens (including phenoxy) is 3. The molecule has 4 aromatic rings. The van der Waals surface area contributed by atoms with Crippen LogP contribution in [0.2, 0.25) is 43.4 Å². The third kappa shape index (κ3) is 8.18. The number of aliphatic hydroxyl groups is 1. The Balaban J connectivity index is 1.44. The van der Waals surface area contributed by atoms with Crippen LogP contribution in [0, 0.1) is 0 Å². The molecule has 0 unspecified atom stereocenters. The molecule has 0 radical (unpaired) electrons. The first-order valence-corrected chi connectivity index (χ1v) is 20.4. The molecule has 8 nitrogen and oxygen atoms in total. The van der Waals surface area contributed by atoms with Gasteiger partial charge in [-0.2, -0.15) is 0 Å². The minimum atomic E-state index is -1.99. The fourth-order valence-electron chi connectivity index (χ4n) is 5.51. The molecule has 0 bridgehead atoms. The minimum Gasteiger partial charge on any atom is -0.416 e. The molecule has 0 aliphatic carbocycles. The highest BCUT2D eigenvalue weighted by Crippen LogP contribution is 2.44. The molecule has 48 heavy (non-hydrogen) atoms. The van der Waals surface area contributed by atoms with Gasteiger partial charge in [-0.25, -0.2) is 9.97 Å². The lowest BCUT2D eigenvalue weighted by Gasteiger charge is -2.36. The Hall–Kier alpha value is -1.47. The molecule has 2 aromatic carbocycles. The van der Waals surface area contributed by atoms with Crippen LogP contribution >= 0.6 is 58.0 Å². The molecule has 1 aliphatic heterocycles. The Morgan fingerprint density at radius 3 is 2.17 bits per heavy atom. The first kappa shape index (κ1) is 37.8. The Bertz CT molecular complexity index is 1760. The lowest BCUT2D eigenvalue weighted by Crippen LogP contribution is -2.46. The van der Waals surface area contributed by atoms with Gasteiger partial charge in [-0.1, -0.05) is 90.9 Å². The van der Waals surface area contributed by atoms with Crippen LogP contribution in [-0.2, 0) is 38.3 Å². The fourth-order valence-corrected chi connectivity index (χ4v) is 7.73. The minimum absolute atomic E-state index is 0.0688. The number of hydrogen-bond donors (Lipinski definition) is 1. The summed E-state index contributed by atoms with van der Waals surface area (Å²) >= 11 is 31.7. The summed E-state index contributed by atoms with van der Waals surface area (Å²) in [5.41, 5.74) is 1.33. The third-order valence-corrected chi connectivity index (χ3v) is 15.2. The standard InChI is InChI=1S/C34H40Cl5N3O5Si/c1-33(2,3)48(5,6)46-12-11-20-15-42(31-28(20)30(39)40-19-41-31)32-34(4,43)29(45-17-22-8-10-24(36)14-26(22)38)27(47-32)18-44-16-21-7-9-23(35)13-25(21)37/h7-10,13-15,19,27,29,32,43H,11-12,16-18H2,1-6H3/t27-,29-,32-,34-/m1/s1. The zero-order valence-electron chi connectivity index (χ0n) is 27.7. The quantitative estimate of drug-likeness (QED) is 0.113. The van der Waals surface area contributed by atoms with Gasteiger partial charge in [0, 0.05) is 32.9 Å². The average Bonchev–Trinajstić information content (AvgIpc) is 3.47. The predicted molar refractivity (Wildman–Crippen MR) is 195 cm³/mol. The molecule has 5 rings (SSSR count). The number of halogens is 5. The predicted octanol–water partition coefficient (Wildman–Crippen LogP) is 9.71. The second-order valence-electron chi connectivity index (χ2n) is 13.8. The molecule has 0 amide bonds. The van der Waals surface area contributed by atoms with Gasteiger partial charge in [-0.15, -0.1) is 0 Å². The van der Waals surface area contributed by atoms with Gasteiger partial charge in [0.1, 0.15) is 34.9 Å². The second kappa shape index (κ2) is 15.0. The lowest BCUT2D eigenvalue weighted by atomic mass is 9.96. The van der Waals surface area contributed by atoms with Crippen molar-refractivity contribution in [3.8, 4) is 0 Å². The van der Waals surface area contributed by atoms with Crippen LogP contribution < -0.4 is 0 Å². The van der Waals surface area contributed by atoms with E-state index in [-0.39, 0.29) is 24.9 Å². The van der Waals surface area contributed by atoms with E-state index < -0.39 is 32.4 Å². The maximum absolute atomic E-state index is 12.2. The smallest absolute Gasteiger partial charge is 0.191 e. The maximum atomic E-state index is 12.2. The van der Waals surface area contributed by atoms with Crippen molar-refractivity contribution in [3.05, 3.63) is 90.9 Å². The van der Waals surface area contributed by atoms with Gasteiger partial charge in [-0.05, 0) is 72.4 Å². The van der Waals surface area contributed by atoms with Crippen LogP contribution in [-0.4, -0.2) is 59.0 Å². The SMILES string of the molecule is CC(C)(C)[Si](C)(C)OCCc1cn([C@@H]2O[C@H](COCc3ccc(Cl)cc3Cl)[C@@H](OCc3ccc(Cl)cc3Cl)[C@@]2(C)O)c2ncnc(Cl)c12. The van der Waals surface area contributed by atoms with E-state index in [2.05, 4.69) is 43.8 Å². The Kier molecular flexibility index (Phi) is 11.8. The molecule has 3 heterocycles. The number of hydrogen-bond acceptors (Lipinski definition) is 7. The van der Waals surface area contributed by atoms with Crippen molar-refractivity contribution >= 4 is 77.4 Å². The molecule has 1 fully saturated rings. The van der Waals surface area contributed by atoms with E-state index in [0.29, 0.717) is 54.9 Å². The maximum Gasteiger partial charge on any atom is 0.191 e. The first-order chi connectivity index (χ1) is 22.5. The topological polar surface area (TPSA) is 87.9 Å². The van der Waals surface area contributed by atoms with Gasteiger partial charge in [0.05, 0.1) is 25.2 Å². The Labute approximate surface area is 307 Å². The highest BCUT2D eigenvalue weighted by molar-refractivity contribution is 6.74. The van der Waals surface area contributed by atoms with Crippen LogP contribution in [0.15, 0.2) is 48.9 Å². The highest BCUT2D eigenvalue weighted by atomic mass is 35.5. The van der Waals surface area contributed by atoms with Crippen molar-refractivity contribution in [3.63, 3.8) is 0 Å². The van der Waals surface area contributed by atoms with Gasteiger partial charge >= 0.3 is 0 Å². The van der Waals surface area contributed by atoms with Gasteiger partial charge in [-0.3, -0.25) is 0 Å². The summed E-state index contributed by atoms with van der Waals surface area (Å²) in [6.45, 7) is 13.6. The largest absolute Gasteiger partial charge is 0.416 e. The molecular formula is C34H40Cl5N3O5Si. The zero-order valence-corrected chi connectivity index (χ0v) is 32.5. The summed E-state index contributed by atoms with van der Waals surface area (Å²) in [6, 6.07) is 10.4. The molecule has 4 atom stereocenters. The van der Waals surface area contributed by atoms with Crippen LogP contribution in [0.4, 0.5) is 0 Å². The van der Waals surface area contributed by atoms with Crippen LogP contribution in [0.25, 0.3) is 11.0 Å². The summed E-state index contributed by atoms with van der Waals surface area (Å²) in [5.74, 6) is 0. The number of nitrogens with zero attached hydrogens (tertiary/aromatic N) is 3. The third-order valence-electron chi connectivity index (χ3n) is 9.24. The first-order valence-electron chi connectivity index (χ1n) is 15.6. The molecule has 0 spiro atoms. The summed E-state index contributed by atoms with van der Waals surface area (Å²) < 4.78 is 27.4. The van der Waals surface area contributed by atoms with Crippen molar-refractivity contribution in [2.45, 2.75) is 89.5 Å². The molecule has 1 N–H and O–H groups in total. The van der Waals surface area contributed by atoms with Crippen LogP contribution in [0.1, 0.15) is 50.6 Å². The van der Waals surface area contributed by atoms with E-state index in [1.165, 1.54) is 6.33 Å². The second-order valence-corrected chi connectivity index (χ2v) is 20.6. The number of benzene rings is 2. The van der Waals surface area contributed by atoms with E-state index >= 15 is 0 Å². The van der Waals surface area contributed by atoms with Crippen molar-refractivity contribution in [1.29, 1.82) is 0 Å². The summed E-state index contributed by atoms with van der Waals surface area (Å²) in [7, 11) is -1.99. The van der Waals surface area contributed by atoms with Gasteiger partial charge < -0.3 is 28.3 Å². The fraction of sp³-hybridized carbons (Fsp3) is 0.471. The van der Waals surface area contributed by atoms with E-state index in [0.717, 1.165) is 11.1 Å². The van der Waals surface area contributed by atoms with Gasteiger partial charge in [0.25, 0.3) is 0 Å². The number of aromatic nitrogens is 3. The van der Waals surface area contributed by atoms with E-state index in [1.807, 2.05) is 6.20 Å². The molecule has 2 aromatic heterocycles. The summed E-state index contributed by atoms with van der Waals surface area (Å²) in [6.07, 6.45) is 1.43. The monoisotopic (exact) mass is 773 g/mol. The van der Waals surface area contributed by atoms with Crippen molar-refractivity contribution in [2.24, 2.45) is 0 Å². The normalized spacial score (nSPS) is 21.8. The molecule has 260 valence electrons. The van der Waals surface area contributed by atoms with Crippen molar-refractivity contribution < 1.29 is 23.7 Å². The molecule has 1 aliphatic rings. The lowest BCUT2D eigenvalue weighted by molar-refractivity contribution is -0.114. The number of rotatable bonds is 12. The van der Waals surface area contributed by atoms with Crippen LogP contribution in [0.5, 0.6) is 0 Å². The molecule has 0 saturated carbocycles. The zero-order chi connectivity index (χ0) is 35.0.